The van der Waals surface area contributed by atoms with Gasteiger partial charge in [-0.05, 0) is 43.9 Å². The molecule has 1 aliphatic carbocycles. The Labute approximate surface area is 128 Å². The van der Waals surface area contributed by atoms with Crippen LogP contribution in [0.3, 0.4) is 0 Å². The molecule has 1 saturated carbocycles. The molecule has 21 heavy (non-hydrogen) atoms. The topological polar surface area (TPSA) is 66.4 Å². The highest BCUT2D eigenvalue weighted by molar-refractivity contribution is 5.85. The van der Waals surface area contributed by atoms with Crippen molar-refractivity contribution >= 4 is 11.9 Å². The molecule has 4 nitrogen and oxygen atoms in total. The fourth-order valence-corrected chi connectivity index (χ4v) is 3.19. The number of carboxylic acids is 1. The summed E-state index contributed by atoms with van der Waals surface area (Å²) >= 11 is 0. The number of amides is 1. The zero-order chi connectivity index (χ0) is 15.8. The average molecular weight is 297 g/mol. The molecule has 1 amide bonds. The van der Waals surface area contributed by atoms with Gasteiger partial charge in [-0.25, -0.2) is 4.79 Å². The molecular weight excluding hydrogens is 266 g/mol. The largest absolute Gasteiger partial charge is 0.480 e. The summed E-state index contributed by atoms with van der Waals surface area (Å²) in [5.41, 5.74) is 0. The first-order chi connectivity index (χ1) is 9.93. The number of unbranched alkanes of at least 4 members (excludes halogenated alkanes) is 1. The maximum atomic E-state index is 12.2. The van der Waals surface area contributed by atoms with Crippen LogP contribution >= 0.6 is 0 Å². The van der Waals surface area contributed by atoms with Crippen LogP contribution in [0, 0.1) is 17.8 Å². The number of aliphatic carboxylic acids is 1. The fourth-order valence-electron chi connectivity index (χ4n) is 3.19. The predicted octanol–water partition coefficient (Wildman–Crippen LogP) is 3.60. The second-order valence-electron chi connectivity index (χ2n) is 6.89. The Kier molecular flexibility index (Phi) is 7.76. The molecule has 0 heterocycles. The summed E-state index contributed by atoms with van der Waals surface area (Å²) in [6, 6.07) is -0.740. The Bertz CT molecular complexity index is 333. The maximum absolute atomic E-state index is 12.2. The first-order valence-corrected chi connectivity index (χ1v) is 8.47. The first-order valence-electron chi connectivity index (χ1n) is 8.47. The third kappa shape index (κ3) is 6.49. The maximum Gasteiger partial charge on any atom is 0.326 e. The van der Waals surface area contributed by atoms with Gasteiger partial charge in [-0.3, -0.25) is 4.79 Å². The molecule has 0 bridgehead atoms. The van der Waals surface area contributed by atoms with Crippen molar-refractivity contribution in [1.29, 1.82) is 0 Å². The molecule has 0 aliphatic heterocycles. The second-order valence-corrected chi connectivity index (χ2v) is 6.89. The van der Waals surface area contributed by atoms with Gasteiger partial charge in [0.15, 0.2) is 0 Å². The summed E-state index contributed by atoms with van der Waals surface area (Å²) < 4.78 is 0. The van der Waals surface area contributed by atoms with Crippen LogP contribution in [-0.4, -0.2) is 23.0 Å². The van der Waals surface area contributed by atoms with Crippen molar-refractivity contribution in [2.75, 3.05) is 0 Å². The van der Waals surface area contributed by atoms with E-state index in [2.05, 4.69) is 12.2 Å². The van der Waals surface area contributed by atoms with E-state index in [0.29, 0.717) is 6.42 Å². The van der Waals surface area contributed by atoms with E-state index in [-0.39, 0.29) is 17.7 Å². The van der Waals surface area contributed by atoms with E-state index in [1.807, 2.05) is 13.8 Å². The Morgan fingerprint density at radius 3 is 2.29 bits per heavy atom. The minimum absolute atomic E-state index is 0.0110. The lowest BCUT2D eigenvalue weighted by Crippen LogP contribution is -2.45. The molecule has 1 aliphatic rings. The highest BCUT2D eigenvalue weighted by Crippen LogP contribution is 2.32. The minimum Gasteiger partial charge on any atom is -0.480 e. The molecule has 0 unspecified atom stereocenters. The Morgan fingerprint density at radius 2 is 1.81 bits per heavy atom. The molecule has 1 atom stereocenters. The van der Waals surface area contributed by atoms with Crippen LogP contribution in [0.1, 0.15) is 72.1 Å². The third-order valence-corrected chi connectivity index (χ3v) is 4.51. The van der Waals surface area contributed by atoms with Gasteiger partial charge in [0, 0.05) is 5.92 Å². The van der Waals surface area contributed by atoms with Gasteiger partial charge in [-0.1, -0.05) is 40.0 Å². The van der Waals surface area contributed by atoms with Crippen molar-refractivity contribution in [2.24, 2.45) is 17.8 Å². The number of carbonyl (C=O) groups is 2. The lowest BCUT2D eigenvalue weighted by Gasteiger charge is -2.28. The summed E-state index contributed by atoms with van der Waals surface area (Å²) in [5.74, 6) is 0.0543. The Morgan fingerprint density at radius 1 is 1.19 bits per heavy atom. The monoisotopic (exact) mass is 297 g/mol. The highest BCUT2D eigenvalue weighted by Gasteiger charge is 2.29. The molecule has 0 aromatic rings. The summed E-state index contributed by atoms with van der Waals surface area (Å²) in [5, 5.41) is 11.9. The van der Waals surface area contributed by atoms with Gasteiger partial charge < -0.3 is 10.4 Å². The van der Waals surface area contributed by atoms with E-state index in [0.717, 1.165) is 31.6 Å². The molecule has 0 aromatic heterocycles. The SMILES string of the molecule is CCCCC1CCC(C(=O)N[C@@H](CC(C)C)C(=O)O)CC1. The van der Waals surface area contributed by atoms with E-state index in [1.165, 1.54) is 19.3 Å². The van der Waals surface area contributed by atoms with Crippen molar-refractivity contribution in [3.63, 3.8) is 0 Å². The molecule has 0 saturated heterocycles. The lowest BCUT2D eigenvalue weighted by molar-refractivity contribution is -0.143. The summed E-state index contributed by atoms with van der Waals surface area (Å²) in [6.45, 7) is 6.15. The smallest absolute Gasteiger partial charge is 0.326 e. The van der Waals surface area contributed by atoms with Crippen LogP contribution in [0.4, 0.5) is 0 Å². The Hall–Kier alpha value is -1.06. The lowest BCUT2D eigenvalue weighted by atomic mass is 9.79. The van der Waals surface area contributed by atoms with E-state index < -0.39 is 12.0 Å². The van der Waals surface area contributed by atoms with Gasteiger partial charge in [-0.15, -0.1) is 0 Å². The number of carbonyl (C=O) groups excluding carboxylic acids is 1. The van der Waals surface area contributed by atoms with Gasteiger partial charge in [0.25, 0.3) is 0 Å². The zero-order valence-electron chi connectivity index (χ0n) is 13.7. The predicted molar refractivity (Wildman–Crippen MR) is 84.0 cm³/mol. The van der Waals surface area contributed by atoms with Crippen LogP contribution in [-0.2, 0) is 9.59 Å². The van der Waals surface area contributed by atoms with E-state index in [9.17, 15) is 14.7 Å². The van der Waals surface area contributed by atoms with E-state index in [4.69, 9.17) is 0 Å². The number of nitrogens with one attached hydrogen (secondary N) is 1. The van der Waals surface area contributed by atoms with Gasteiger partial charge >= 0.3 is 5.97 Å². The number of carboxylic acid groups (broad SMARTS) is 1. The van der Waals surface area contributed by atoms with Crippen molar-refractivity contribution < 1.29 is 14.7 Å². The minimum atomic E-state index is -0.923. The van der Waals surface area contributed by atoms with Crippen LogP contribution in [0.15, 0.2) is 0 Å². The number of hydrogen-bond acceptors (Lipinski definition) is 2. The molecule has 122 valence electrons. The molecule has 0 aromatic carbocycles. The molecule has 1 fully saturated rings. The summed E-state index contributed by atoms with van der Waals surface area (Å²) in [4.78, 5) is 23.4. The Balaban J connectivity index is 2.40. The van der Waals surface area contributed by atoms with Gasteiger partial charge in [0.05, 0.1) is 0 Å². The summed E-state index contributed by atoms with van der Waals surface area (Å²) in [6.07, 6.45) is 8.32. The van der Waals surface area contributed by atoms with E-state index in [1.54, 1.807) is 0 Å². The summed E-state index contributed by atoms with van der Waals surface area (Å²) in [7, 11) is 0. The third-order valence-electron chi connectivity index (χ3n) is 4.51. The zero-order valence-corrected chi connectivity index (χ0v) is 13.7. The van der Waals surface area contributed by atoms with E-state index >= 15 is 0 Å². The quantitative estimate of drug-likeness (QED) is 0.719. The first kappa shape index (κ1) is 18.0. The normalized spacial score (nSPS) is 23.8. The highest BCUT2D eigenvalue weighted by atomic mass is 16.4. The van der Waals surface area contributed by atoms with Crippen LogP contribution in [0.25, 0.3) is 0 Å². The molecule has 2 N–H and O–H groups in total. The van der Waals surface area contributed by atoms with Crippen LogP contribution in [0.2, 0.25) is 0 Å². The van der Waals surface area contributed by atoms with Gasteiger partial charge in [0.2, 0.25) is 5.91 Å². The van der Waals surface area contributed by atoms with Gasteiger partial charge in [0.1, 0.15) is 6.04 Å². The van der Waals surface area contributed by atoms with Crippen molar-refractivity contribution in [2.45, 2.75) is 78.2 Å². The number of hydrogen-bond donors (Lipinski definition) is 2. The van der Waals surface area contributed by atoms with Gasteiger partial charge in [-0.2, -0.15) is 0 Å². The average Bonchev–Trinajstić information content (AvgIpc) is 2.44. The molecule has 0 spiro atoms. The molecule has 0 radical (unpaired) electrons. The van der Waals surface area contributed by atoms with Crippen molar-refractivity contribution in [3.8, 4) is 0 Å². The second kappa shape index (κ2) is 9.06. The number of rotatable bonds is 8. The van der Waals surface area contributed by atoms with Crippen LogP contribution < -0.4 is 5.32 Å². The van der Waals surface area contributed by atoms with Crippen molar-refractivity contribution in [1.82, 2.24) is 5.32 Å². The molecular formula is C17H31NO3. The van der Waals surface area contributed by atoms with Crippen molar-refractivity contribution in [3.05, 3.63) is 0 Å². The fraction of sp³-hybridized carbons (Fsp3) is 0.882. The molecule has 4 heteroatoms. The molecule has 1 rings (SSSR count). The standard InChI is InChI=1S/C17H31NO3/c1-4-5-6-13-7-9-14(10-8-13)16(19)18-15(17(20)21)11-12(2)3/h12-15H,4-11H2,1-3H3,(H,18,19)(H,20,21)/t13?,14?,15-/m0/s1. The van der Waals surface area contributed by atoms with Crippen LogP contribution in [0.5, 0.6) is 0 Å².